The SMILES string of the molecule is Cc1cc(NC(=O)C2CCCc3sccc32)c(C)cc1N. The van der Waals surface area contributed by atoms with Crippen molar-refractivity contribution in [3.05, 3.63) is 45.1 Å². The van der Waals surface area contributed by atoms with Gasteiger partial charge in [0.1, 0.15) is 0 Å². The monoisotopic (exact) mass is 300 g/mol. The Labute approximate surface area is 129 Å². The topological polar surface area (TPSA) is 55.1 Å². The van der Waals surface area contributed by atoms with Crippen molar-refractivity contribution in [2.24, 2.45) is 0 Å². The minimum atomic E-state index is -0.0164. The van der Waals surface area contributed by atoms with Gasteiger partial charge in [-0.3, -0.25) is 4.79 Å². The lowest BCUT2D eigenvalue weighted by atomic mass is 9.87. The number of fused-ring (bicyclic) bond motifs is 1. The summed E-state index contributed by atoms with van der Waals surface area (Å²) in [5.74, 6) is 0.0823. The number of hydrogen-bond acceptors (Lipinski definition) is 3. The van der Waals surface area contributed by atoms with Crippen LogP contribution in [0.4, 0.5) is 11.4 Å². The maximum atomic E-state index is 12.6. The fourth-order valence-electron chi connectivity index (χ4n) is 2.95. The van der Waals surface area contributed by atoms with Gasteiger partial charge in [0.25, 0.3) is 0 Å². The molecule has 1 atom stereocenters. The Hall–Kier alpha value is -1.81. The van der Waals surface area contributed by atoms with Crippen LogP contribution < -0.4 is 11.1 Å². The van der Waals surface area contributed by atoms with E-state index in [2.05, 4.69) is 16.8 Å². The molecule has 1 amide bonds. The molecule has 1 aromatic carbocycles. The van der Waals surface area contributed by atoms with Crippen LogP contribution in [-0.4, -0.2) is 5.91 Å². The number of rotatable bonds is 2. The summed E-state index contributed by atoms with van der Waals surface area (Å²) >= 11 is 1.76. The van der Waals surface area contributed by atoms with Gasteiger partial charge in [0.05, 0.1) is 5.92 Å². The Morgan fingerprint density at radius 1 is 1.33 bits per heavy atom. The number of nitrogens with one attached hydrogen (secondary N) is 1. The van der Waals surface area contributed by atoms with Gasteiger partial charge < -0.3 is 11.1 Å². The van der Waals surface area contributed by atoms with Crippen LogP contribution in [0.3, 0.4) is 0 Å². The minimum Gasteiger partial charge on any atom is -0.399 e. The summed E-state index contributed by atoms with van der Waals surface area (Å²) in [7, 11) is 0. The largest absolute Gasteiger partial charge is 0.399 e. The Morgan fingerprint density at radius 2 is 2.14 bits per heavy atom. The number of benzene rings is 1. The highest BCUT2D eigenvalue weighted by molar-refractivity contribution is 7.10. The molecule has 4 heteroatoms. The zero-order chi connectivity index (χ0) is 15.0. The molecule has 0 spiro atoms. The lowest BCUT2D eigenvalue weighted by Gasteiger charge is -2.22. The first-order valence-electron chi connectivity index (χ1n) is 7.30. The number of amides is 1. The molecule has 3 nitrogen and oxygen atoms in total. The molecular formula is C17H20N2OS. The molecule has 0 fully saturated rings. The zero-order valence-corrected chi connectivity index (χ0v) is 13.2. The van der Waals surface area contributed by atoms with Gasteiger partial charge in [-0.15, -0.1) is 11.3 Å². The third-order valence-electron chi connectivity index (χ3n) is 4.24. The van der Waals surface area contributed by atoms with E-state index in [1.165, 1.54) is 10.4 Å². The van der Waals surface area contributed by atoms with Crippen molar-refractivity contribution in [1.29, 1.82) is 0 Å². The van der Waals surface area contributed by atoms with Crippen molar-refractivity contribution >= 4 is 28.6 Å². The van der Waals surface area contributed by atoms with E-state index in [1.807, 2.05) is 26.0 Å². The summed E-state index contributed by atoms with van der Waals surface area (Å²) in [6.45, 7) is 3.93. The maximum Gasteiger partial charge on any atom is 0.231 e. The molecule has 1 aliphatic rings. The summed E-state index contributed by atoms with van der Waals surface area (Å²) in [6.07, 6.45) is 3.13. The molecule has 1 aliphatic carbocycles. The van der Waals surface area contributed by atoms with Crippen LogP contribution in [0, 0.1) is 13.8 Å². The Morgan fingerprint density at radius 3 is 2.95 bits per heavy atom. The Balaban J connectivity index is 1.84. The molecule has 21 heavy (non-hydrogen) atoms. The van der Waals surface area contributed by atoms with Crippen molar-refractivity contribution in [2.75, 3.05) is 11.1 Å². The first-order chi connectivity index (χ1) is 10.1. The smallest absolute Gasteiger partial charge is 0.231 e. The first kappa shape index (κ1) is 14.1. The molecule has 0 bridgehead atoms. The summed E-state index contributed by atoms with van der Waals surface area (Å²) in [4.78, 5) is 14.0. The van der Waals surface area contributed by atoms with E-state index in [9.17, 15) is 4.79 Å². The number of aryl methyl sites for hydroxylation is 3. The molecule has 2 aromatic rings. The van der Waals surface area contributed by atoms with Gasteiger partial charge in [0.15, 0.2) is 0 Å². The zero-order valence-electron chi connectivity index (χ0n) is 12.4. The number of hydrogen-bond donors (Lipinski definition) is 2. The molecule has 0 saturated heterocycles. The molecule has 3 rings (SSSR count). The number of carbonyl (C=O) groups excluding carboxylic acids is 1. The van der Waals surface area contributed by atoms with Crippen molar-refractivity contribution < 1.29 is 4.79 Å². The summed E-state index contributed by atoms with van der Waals surface area (Å²) in [6, 6.07) is 5.98. The minimum absolute atomic E-state index is 0.0164. The van der Waals surface area contributed by atoms with Crippen molar-refractivity contribution in [3.8, 4) is 0 Å². The van der Waals surface area contributed by atoms with Crippen LogP contribution in [0.1, 0.15) is 40.3 Å². The molecule has 1 aromatic heterocycles. The molecule has 0 saturated carbocycles. The van der Waals surface area contributed by atoms with Gasteiger partial charge in [-0.1, -0.05) is 0 Å². The average Bonchev–Trinajstić information content (AvgIpc) is 2.92. The third kappa shape index (κ3) is 2.68. The number of nitrogens with two attached hydrogens (primary N) is 1. The number of thiophene rings is 1. The van der Waals surface area contributed by atoms with Crippen molar-refractivity contribution in [2.45, 2.75) is 39.0 Å². The predicted octanol–water partition coefficient (Wildman–Crippen LogP) is 4.01. The molecule has 0 radical (unpaired) electrons. The van der Waals surface area contributed by atoms with Crippen LogP contribution in [-0.2, 0) is 11.2 Å². The third-order valence-corrected chi connectivity index (χ3v) is 5.24. The lowest BCUT2D eigenvalue weighted by Crippen LogP contribution is -2.24. The van der Waals surface area contributed by atoms with Gasteiger partial charge in [-0.2, -0.15) is 0 Å². The van der Waals surface area contributed by atoms with Crippen LogP contribution in [0.25, 0.3) is 0 Å². The highest BCUT2D eigenvalue weighted by Crippen LogP contribution is 2.36. The van der Waals surface area contributed by atoms with Crippen LogP contribution in [0.2, 0.25) is 0 Å². The Kier molecular flexibility index (Phi) is 3.72. The maximum absolute atomic E-state index is 12.6. The van der Waals surface area contributed by atoms with Gasteiger partial charge in [-0.25, -0.2) is 0 Å². The first-order valence-corrected chi connectivity index (χ1v) is 8.18. The molecule has 110 valence electrons. The Bertz CT molecular complexity index is 690. The summed E-state index contributed by atoms with van der Waals surface area (Å²) < 4.78 is 0. The second-order valence-electron chi connectivity index (χ2n) is 5.76. The van der Waals surface area contributed by atoms with Gasteiger partial charge in [0.2, 0.25) is 5.91 Å². The molecule has 3 N–H and O–H groups in total. The highest BCUT2D eigenvalue weighted by Gasteiger charge is 2.27. The lowest BCUT2D eigenvalue weighted by molar-refractivity contribution is -0.117. The highest BCUT2D eigenvalue weighted by atomic mass is 32.1. The fourth-order valence-corrected chi connectivity index (χ4v) is 3.94. The van der Waals surface area contributed by atoms with Crippen LogP contribution in [0.5, 0.6) is 0 Å². The average molecular weight is 300 g/mol. The number of carbonyl (C=O) groups is 1. The van der Waals surface area contributed by atoms with Gasteiger partial charge in [-0.05, 0) is 73.4 Å². The van der Waals surface area contributed by atoms with E-state index < -0.39 is 0 Å². The second kappa shape index (κ2) is 5.53. The second-order valence-corrected chi connectivity index (χ2v) is 6.76. The molecule has 0 aliphatic heterocycles. The van der Waals surface area contributed by atoms with Crippen molar-refractivity contribution in [3.63, 3.8) is 0 Å². The van der Waals surface area contributed by atoms with E-state index >= 15 is 0 Å². The van der Waals surface area contributed by atoms with E-state index in [-0.39, 0.29) is 11.8 Å². The molecule has 1 unspecified atom stereocenters. The normalized spacial score (nSPS) is 17.3. The van der Waals surface area contributed by atoms with Crippen LogP contribution >= 0.6 is 11.3 Å². The van der Waals surface area contributed by atoms with Crippen LogP contribution in [0.15, 0.2) is 23.6 Å². The standard InChI is InChI=1S/C17H20N2OS/c1-10-9-15(11(2)8-14(10)18)19-17(20)13-4-3-5-16-12(13)6-7-21-16/h6-9,13H,3-5,18H2,1-2H3,(H,19,20). The summed E-state index contributed by atoms with van der Waals surface area (Å²) in [5, 5.41) is 5.18. The van der Waals surface area contributed by atoms with E-state index in [0.717, 1.165) is 41.8 Å². The van der Waals surface area contributed by atoms with E-state index in [4.69, 9.17) is 5.73 Å². The summed E-state index contributed by atoms with van der Waals surface area (Å²) in [5.41, 5.74) is 10.8. The molecular weight excluding hydrogens is 280 g/mol. The number of anilines is 2. The van der Waals surface area contributed by atoms with Crippen molar-refractivity contribution in [1.82, 2.24) is 0 Å². The number of nitrogen functional groups attached to an aromatic ring is 1. The molecule has 1 heterocycles. The predicted molar refractivity (Wildman–Crippen MR) is 89.0 cm³/mol. The quantitative estimate of drug-likeness (QED) is 0.823. The van der Waals surface area contributed by atoms with E-state index in [0.29, 0.717) is 0 Å². The van der Waals surface area contributed by atoms with Gasteiger partial charge >= 0.3 is 0 Å². The fraction of sp³-hybridized carbons (Fsp3) is 0.353. The van der Waals surface area contributed by atoms with E-state index in [1.54, 1.807) is 11.3 Å². The van der Waals surface area contributed by atoms with Gasteiger partial charge in [0, 0.05) is 16.3 Å².